The van der Waals surface area contributed by atoms with Gasteiger partial charge in [0.15, 0.2) is 0 Å². The maximum atomic E-state index is 5.08. The Kier molecular flexibility index (Phi) is 9.44. The molecule has 2 aliphatic rings. The van der Waals surface area contributed by atoms with Crippen molar-refractivity contribution in [3.05, 3.63) is 192 Å². The van der Waals surface area contributed by atoms with E-state index >= 15 is 0 Å². The van der Waals surface area contributed by atoms with Crippen LogP contribution in [-0.2, 0) is 0 Å². The second-order valence-corrected chi connectivity index (χ2v) is 20.0. The first-order chi connectivity index (χ1) is 31.3. The van der Waals surface area contributed by atoms with E-state index in [0.29, 0.717) is 11.8 Å². The molecule has 0 saturated heterocycles. The first-order valence-corrected chi connectivity index (χ1v) is 24.1. The van der Waals surface area contributed by atoms with Crippen LogP contribution in [0.4, 0.5) is 0 Å². The van der Waals surface area contributed by atoms with E-state index < -0.39 is 0 Å². The number of hydrogen-bond donors (Lipinski definition) is 0. The molecule has 0 saturated carbocycles. The molecule has 0 spiro atoms. The topological polar surface area (TPSA) is 25.8 Å². The number of benzene rings is 8. The lowest BCUT2D eigenvalue weighted by molar-refractivity contribution is 0.740. The van der Waals surface area contributed by atoms with Gasteiger partial charge < -0.3 is 0 Å². The molecular formula is C60H46N2S2. The molecule has 4 heteroatoms. The number of aromatic nitrogens is 2. The van der Waals surface area contributed by atoms with Crippen LogP contribution in [0.5, 0.6) is 0 Å². The Morgan fingerprint density at radius 1 is 0.438 bits per heavy atom. The van der Waals surface area contributed by atoms with Crippen LogP contribution in [0.25, 0.3) is 107 Å². The summed E-state index contributed by atoms with van der Waals surface area (Å²) in [5.41, 5.74) is 17.0. The number of rotatable bonds is 6. The Labute approximate surface area is 382 Å². The normalized spacial score (nSPS) is 16.4. The van der Waals surface area contributed by atoms with Gasteiger partial charge in [-0.05, 0) is 151 Å². The SMILES string of the molecule is Cc1ccc2nc(-c3ccc(-c4c5ccccc5c(-c5ccc(-c6nc7ccc(C)cc7s6)cc5)c5c(C6=CC(C)CC=C6)c6ccccc6c(C6=CC(C)CC=C6)c45)cc3)sc2c1. The smallest absolute Gasteiger partial charge is 0.124 e. The Bertz CT molecular complexity index is 3410. The van der Waals surface area contributed by atoms with E-state index in [1.54, 1.807) is 22.7 Å². The van der Waals surface area contributed by atoms with Crippen LogP contribution >= 0.6 is 22.7 Å². The fourth-order valence-electron chi connectivity index (χ4n) is 10.2. The third kappa shape index (κ3) is 6.58. The first-order valence-electron chi connectivity index (χ1n) is 22.5. The zero-order chi connectivity index (χ0) is 43.1. The summed E-state index contributed by atoms with van der Waals surface area (Å²) in [6.45, 7) is 8.99. The van der Waals surface area contributed by atoms with E-state index in [0.717, 1.165) is 45.0 Å². The van der Waals surface area contributed by atoms with Crippen molar-refractivity contribution in [2.45, 2.75) is 40.5 Å². The molecule has 2 aliphatic carbocycles. The first kappa shape index (κ1) is 38.9. The number of aryl methyl sites for hydroxylation is 2. The molecule has 308 valence electrons. The van der Waals surface area contributed by atoms with Crippen molar-refractivity contribution < 1.29 is 0 Å². The van der Waals surface area contributed by atoms with Gasteiger partial charge in [0.05, 0.1) is 20.4 Å². The Balaban J connectivity index is 1.19. The summed E-state index contributed by atoms with van der Waals surface area (Å²) in [5.74, 6) is 0.857. The number of thiazole rings is 2. The molecule has 2 atom stereocenters. The van der Waals surface area contributed by atoms with Gasteiger partial charge in [0.1, 0.15) is 10.0 Å². The van der Waals surface area contributed by atoms with Gasteiger partial charge in [-0.15, -0.1) is 22.7 Å². The van der Waals surface area contributed by atoms with Crippen LogP contribution in [0.3, 0.4) is 0 Å². The molecular weight excluding hydrogens is 813 g/mol. The van der Waals surface area contributed by atoms with Crippen LogP contribution < -0.4 is 0 Å². The lowest BCUT2D eigenvalue weighted by Crippen LogP contribution is -2.03. The minimum absolute atomic E-state index is 0.428. The molecule has 2 nitrogen and oxygen atoms in total. The summed E-state index contributed by atoms with van der Waals surface area (Å²) in [6.07, 6.45) is 16.6. The molecule has 0 bridgehead atoms. The molecule has 0 fully saturated rings. The Hall–Kier alpha value is -6.72. The predicted octanol–water partition coefficient (Wildman–Crippen LogP) is 17.6. The van der Waals surface area contributed by atoms with E-state index in [2.05, 4.69) is 198 Å². The Morgan fingerprint density at radius 2 is 0.812 bits per heavy atom. The van der Waals surface area contributed by atoms with Gasteiger partial charge in [-0.1, -0.05) is 159 Å². The van der Waals surface area contributed by atoms with Crippen LogP contribution in [0.15, 0.2) is 170 Å². The fraction of sp³-hybridized carbons (Fsp3) is 0.133. The van der Waals surface area contributed by atoms with Gasteiger partial charge in [0.25, 0.3) is 0 Å². The minimum atomic E-state index is 0.428. The number of nitrogens with zero attached hydrogens (tertiary/aromatic N) is 2. The standard InChI is InChI=1S/C60H46N2S2/c1-35-11-9-13-43(31-35)55-47-17-7-8-18-48(47)56(44-14-10-12-36(2)32-44)58-54(40-23-27-42(28-24-40)60-62-50-30-20-38(4)34-52(50)64-60)46-16-6-5-15-45(46)53(57(55)58)39-21-25-41(26-22-39)59-61-49-29-19-37(3)33-51(49)63-59/h5-10,13-36H,11-12H2,1-4H3. The average molecular weight is 859 g/mol. The Morgan fingerprint density at radius 3 is 1.20 bits per heavy atom. The van der Waals surface area contributed by atoms with Crippen molar-refractivity contribution in [1.29, 1.82) is 0 Å². The fourth-order valence-corrected chi connectivity index (χ4v) is 12.3. The minimum Gasteiger partial charge on any atom is -0.236 e. The van der Waals surface area contributed by atoms with Crippen LogP contribution in [-0.4, -0.2) is 9.97 Å². The van der Waals surface area contributed by atoms with Crippen molar-refractivity contribution in [3.8, 4) is 43.4 Å². The van der Waals surface area contributed by atoms with Crippen LogP contribution in [0.1, 0.15) is 48.9 Å². The zero-order valence-electron chi connectivity index (χ0n) is 36.4. The van der Waals surface area contributed by atoms with Crippen molar-refractivity contribution in [2.24, 2.45) is 11.8 Å². The highest BCUT2D eigenvalue weighted by Crippen LogP contribution is 2.53. The molecule has 64 heavy (non-hydrogen) atoms. The van der Waals surface area contributed by atoms with E-state index in [4.69, 9.17) is 9.97 Å². The molecule has 2 unspecified atom stereocenters. The van der Waals surface area contributed by atoms with Crippen molar-refractivity contribution >= 4 is 86.6 Å². The van der Waals surface area contributed by atoms with Crippen LogP contribution in [0, 0.1) is 25.7 Å². The van der Waals surface area contributed by atoms with Crippen molar-refractivity contribution in [1.82, 2.24) is 9.97 Å². The van der Waals surface area contributed by atoms with Gasteiger partial charge >= 0.3 is 0 Å². The van der Waals surface area contributed by atoms with Gasteiger partial charge in [-0.25, -0.2) is 9.97 Å². The number of fused-ring (bicyclic) bond motifs is 5. The summed E-state index contributed by atoms with van der Waals surface area (Å²) in [6, 6.07) is 49.9. The molecule has 2 aromatic heterocycles. The second-order valence-electron chi connectivity index (χ2n) is 18.0. The lowest BCUT2D eigenvalue weighted by atomic mass is 9.76. The summed E-state index contributed by atoms with van der Waals surface area (Å²) in [7, 11) is 0. The van der Waals surface area contributed by atoms with E-state index in [1.807, 2.05) is 0 Å². The van der Waals surface area contributed by atoms with Crippen molar-refractivity contribution in [2.75, 3.05) is 0 Å². The van der Waals surface area contributed by atoms with E-state index in [-0.39, 0.29) is 0 Å². The largest absolute Gasteiger partial charge is 0.236 e. The molecule has 0 radical (unpaired) electrons. The maximum absolute atomic E-state index is 5.08. The molecule has 0 aliphatic heterocycles. The summed E-state index contributed by atoms with van der Waals surface area (Å²) < 4.78 is 2.45. The highest BCUT2D eigenvalue weighted by atomic mass is 32.1. The van der Waals surface area contributed by atoms with Gasteiger partial charge in [-0.3, -0.25) is 0 Å². The molecule has 2 heterocycles. The molecule has 0 N–H and O–H groups in total. The van der Waals surface area contributed by atoms with Crippen LogP contribution in [0.2, 0.25) is 0 Å². The molecule has 12 rings (SSSR count). The summed E-state index contributed by atoms with van der Waals surface area (Å²) in [4.78, 5) is 10.2. The van der Waals surface area contributed by atoms with Gasteiger partial charge in [0, 0.05) is 11.1 Å². The maximum Gasteiger partial charge on any atom is 0.124 e. The summed E-state index contributed by atoms with van der Waals surface area (Å²) >= 11 is 3.54. The third-order valence-electron chi connectivity index (χ3n) is 13.2. The average Bonchev–Trinajstić information content (AvgIpc) is 3.94. The number of allylic oxidation sites excluding steroid dienone is 8. The zero-order valence-corrected chi connectivity index (χ0v) is 38.1. The molecule has 8 aromatic carbocycles. The number of hydrogen-bond acceptors (Lipinski definition) is 4. The monoisotopic (exact) mass is 858 g/mol. The highest BCUT2D eigenvalue weighted by molar-refractivity contribution is 7.22. The summed E-state index contributed by atoms with van der Waals surface area (Å²) in [5, 5.41) is 9.76. The molecule has 0 amide bonds. The highest BCUT2D eigenvalue weighted by Gasteiger charge is 2.28. The van der Waals surface area contributed by atoms with Crippen molar-refractivity contribution in [3.63, 3.8) is 0 Å². The molecule has 10 aromatic rings. The van der Waals surface area contributed by atoms with E-state index in [9.17, 15) is 0 Å². The predicted molar refractivity (Wildman–Crippen MR) is 278 cm³/mol. The van der Waals surface area contributed by atoms with Gasteiger partial charge in [-0.2, -0.15) is 0 Å². The lowest BCUT2D eigenvalue weighted by Gasteiger charge is -2.27. The van der Waals surface area contributed by atoms with E-state index in [1.165, 1.54) is 97.4 Å². The second kappa shape index (κ2) is 15.5. The third-order valence-corrected chi connectivity index (χ3v) is 15.4. The quantitative estimate of drug-likeness (QED) is 0.156. The van der Waals surface area contributed by atoms with Gasteiger partial charge in [0.2, 0.25) is 0 Å².